The van der Waals surface area contributed by atoms with Crippen molar-refractivity contribution in [3.63, 3.8) is 0 Å². The average molecular weight is 343 g/mol. The summed E-state index contributed by atoms with van der Waals surface area (Å²) in [5.41, 5.74) is 2.34. The summed E-state index contributed by atoms with van der Waals surface area (Å²) in [6, 6.07) is 0. The smallest absolute Gasteiger partial charge is 0.259 e. The Morgan fingerprint density at radius 1 is 1.36 bits per heavy atom. The van der Waals surface area contributed by atoms with Crippen LogP contribution < -0.4 is 5.32 Å². The van der Waals surface area contributed by atoms with E-state index in [-0.39, 0.29) is 5.91 Å². The maximum atomic E-state index is 13.0. The zero-order valence-corrected chi connectivity index (χ0v) is 15.1. The Morgan fingerprint density at radius 3 is 2.92 bits per heavy atom. The molecule has 0 saturated carbocycles. The van der Waals surface area contributed by atoms with E-state index in [1.165, 1.54) is 0 Å². The second-order valence-electron chi connectivity index (χ2n) is 6.48. The lowest BCUT2D eigenvalue weighted by atomic mass is 9.92. The molecule has 0 spiro atoms. The first-order valence-corrected chi connectivity index (χ1v) is 8.86. The number of aryl methyl sites for hydroxylation is 2. The molecule has 25 heavy (non-hydrogen) atoms. The molecule has 0 aliphatic carbocycles. The number of piperidine rings is 1. The molecule has 1 saturated heterocycles. The van der Waals surface area contributed by atoms with Crippen molar-refractivity contribution in [2.24, 2.45) is 5.92 Å². The highest BCUT2D eigenvalue weighted by Gasteiger charge is 2.29. The second-order valence-corrected chi connectivity index (χ2v) is 6.48. The number of rotatable bonds is 5. The van der Waals surface area contributed by atoms with Gasteiger partial charge < -0.3 is 14.7 Å². The van der Waals surface area contributed by atoms with Gasteiger partial charge in [0.2, 0.25) is 0 Å². The van der Waals surface area contributed by atoms with Crippen LogP contribution in [0.5, 0.6) is 0 Å². The lowest BCUT2D eigenvalue weighted by Gasteiger charge is -2.33. The van der Waals surface area contributed by atoms with Crippen molar-refractivity contribution >= 4 is 11.7 Å². The van der Waals surface area contributed by atoms with E-state index in [9.17, 15) is 4.79 Å². The Bertz CT molecular complexity index is 743. The number of amides is 1. The number of carbonyl (C=O) groups is 1. The number of nitrogens with one attached hydrogen (secondary N) is 1. The van der Waals surface area contributed by atoms with E-state index in [0.717, 1.165) is 49.6 Å². The molecular weight excluding hydrogens is 318 g/mol. The van der Waals surface area contributed by atoms with Crippen molar-refractivity contribution in [2.45, 2.75) is 39.5 Å². The molecule has 134 valence electrons. The maximum absolute atomic E-state index is 13.0. The van der Waals surface area contributed by atoms with Gasteiger partial charge >= 0.3 is 0 Å². The number of hydrogen-bond donors (Lipinski definition) is 1. The van der Waals surface area contributed by atoms with Gasteiger partial charge in [0.05, 0.1) is 11.4 Å². The van der Waals surface area contributed by atoms with Gasteiger partial charge in [0.15, 0.2) is 0 Å². The minimum absolute atomic E-state index is 0.0354. The van der Waals surface area contributed by atoms with Crippen LogP contribution in [0.1, 0.15) is 47.3 Å². The SMILES string of the molecule is CCc1noc(C)c1C(=O)N1CCCC(Cc2nccnc2NC)C1. The summed E-state index contributed by atoms with van der Waals surface area (Å²) in [6.45, 7) is 5.30. The third-order valence-electron chi connectivity index (χ3n) is 4.78. The molecule has 1 fully saturated rings. The second kappa shape index (κ2) is 7.63. The van der Waals surface area contributed by atoms with E-state index < -0.39 is 0 Å². The first kappa shape index (κ1) is 17.4. The topological polar surface area (TPSA) is 84.2 Å². The van der Waals surface area contributed by atoms with Crippen molar-refractivity contribution in [2.75, 3.05) is 25.5 Å². The van der Waals surface area contributed by atoms with Crippen LogP contribution in [-0.2, 0) is 12.8 Å². The quantitative estimate of drug-likeness (QED) is 0.898. The minimum atomic E-state index is 0.0354. The van der Waals surface area contributed by atoms with E-state index in [1.807, 2.05) is 18.9 Å². The number of carbonyl (C=O) groups excluding carboxylic acids is 1. The molecule has 1 N–H and O–H groups in total. The van der Waals surface area contributed by atoms with Gasteiger partial charge in [-0.2, -0.15) is 0 Å². The van der Waals surface area contributed by atoms with Gasteiger partial charge in [-0.15, -0.1) is 0 Å². The fraction of sp³-hybridized carbons (Fsp3) is 0.556. The van der Waals surface area contributed by atoms with Gasteiger partial charge in [-0.25, -0.2) is 4.98 Å². The predicted octanol–water partition coefficient (Wildman–Crippen LogP) is 2.47. The van der Waals surface area contributed by atoms with Crippen molar-refractivity contribution in [1.82, 2.24) is 20.0 Å². The van der Waals surface area contributed by atoms with Gasteiger partial charge in [-0.3, -0.25) is 9.78 Å². The van der Waals surface area contributed by atoms with E-state index in [0.29, 0.717) is 23.7 Å². The highest BCUT2D eigenvalue weighted by molar-refractivity contribution is 5.96. The third kappa shape index (κ3) is 3.65. The Morgan fingerprint density at radius 2 is 2.16 bits per heavy atom. The van der Waals surface area contributed by atoms with Gasteiger partial charge in [0.1, 0.15) is 17.1 Å². The normalized spacial score (nSPS) is 17.6. The molecule has 2 aromatic heterocycles. The molecular formula is C18H25N5O2. The van der Waals surface area contributed by atoms with Gasteiger partial charge in [-0.1, -0.05) is 12.1 Å². The van der Waals surface area contributed by atoms with Gasteiger partial charge in [0.25, 0.3) is 5.91 Å². The summed E-state index contributed by atoms with van der Waals surface area (Å²) in [6.07, 6.45) is 7.00. The van der Waals surface area contributed by atoms with Gasteiger partial charge in [0, 0.05) is 32.5 Å². The van der Waals surface area contributed by atoms with Crippen molar-refractivity contribution in [3.8, 4) is 0 Å². The molecule has 1 aliphatic rings. The average Bonchev–Trinajstić information content (AvgIpc) is 3.02. The summed E-state index contributed by atoms with van der Waals surface area (Å²) >= 11 is 0. The molecule has 1 unspecified atom stereocenters. The number of nitrogens with zero attached hydrogens (tertiary/aromatic N) is 4. The minimum Gasteiger partial charge on any atom is -0.372 e. The molecule has 0 radical (unpaired) electrons. The van der Waals surface area contributed by atoms with Crippen molar-refractivity contribution in [1.29, 1.82) is 0 Å². The van der Waals surface area contributed by atoms with Crippen LogP contribution in [0.3, 0.4) is 0 Å². The van der Waals surface area contributed by atoms with Crippen molar-refractivity contribution in [3.05, 3.63) is 35.1 Å². The summed E-state index contributed by atoms with van der Waals surface area (Å²) in [4.78, 5) is 23.7. The number of aromatic nitrogens is 3. The largest absolute Gasteiger partial charge is 0.372 e. The molecule has 7 heteroatoms. The first-order valence-electron chi connectivity index (χ1n) is 8.86. The molecule has 3 heterocycles. The number of likely N-dealkylation sites (tertiary alicyclic amines) is 1. The zero-order valence-electron chi connectivity index (χ0n) is 15.1. The molecule has 7 nitrogen and oxygen atoms in total. The Kier molecular flexibility index (Phi) is 5.31. The standard InChI is InChI=1S/C18H25N5O2/c1-4-14-16(12(2)25-22-14)18(24)23-9-5-6-13(11-23)10-15-17(19-3)21-8-7-20-15/h7-8,13H,4-6,9-11H2,1-3H3,(H,19,21). The van der Waals surface area contributed by atoms with Crippen LogP contribution in [0.2, 0.25) is 0 Å². The lowest BCUT2D eigenvalue weighted by Crippen LogP contribution is -2.41. The summed E-state index contributed by atoms with van der Waals surface area (Å²) in [7, 11) is 1.85. The fourth-order valence-electron chi connectivity index (χ4n) is 3.51. The van der Waals surface area contributed by atoms with E-state index in [4.69, 9.17) is 4.52 Å². The van der Waals surface area contributed by atoms with E-state index >= 15 is 0 Å². The fourth-order valence-corrected chi connectivity index (χ4v) is 3.51. The number of anilines is 1. The zero-order chi connectivity index (χ0) is 17.8. The van der Waals surface area contributed by atoms with Crippen LogP contribution >= 0.6 is 0 Å². The highest BCUT2D eigenvalue weighted by atomic mass is 16.5. The molecule has 1 aliphatic heterocycles. The Hall–Kier alpha value is -2.44. The van der Waals surface area contributed by atoms with Crippen LogP contribution in [0.4, 0.5) is 5.82 Å². The van der Waals surface area contributed by atoms with E-state index in [2.05, 4.69) is 20.4 Å². The predicted molar refractivity (Wildman–Crippen MR) is 94.5 cm³/mol. The summed E-state index contributed by atoms with van der Waals surface area (Å²) in [5.74, 6) is 1.84. The Balaban J connectivity index is 1.72. The van der Waals surface area contributed by atoms with Gasteiger partial charge in [-0.05, 0) is 38.5 Å². The molecule has 2 aromatic rings. The van der Waals surface area contributed by atoms with Crippen LogP contribution in [0.15, 0.2) is 16.9 Å². The number of hydrogen-bond acceptors (Lipinski definition) is 6. The molecule has 1 amide bonds. The lowest BCUT2D eigenvalue weighted by molar-refractivity contribution is 0.0670. The first-order chi connectivity index (χ1) is 12.1. The summed E-state index contributed by atoms with van der Waals surface area (Å²) < 4.78 is 5.23. The van der Waals surface area contributed by atoms with Crippen molar-refractivity contribution < 1.29 is 9.32 Å². The third-order valence-corrected chi connectivity index (χ3v) is 4.78. The Labute approximate surface area is 147 Å². The molecule has 3 rings (SSSR count). The van der Waals surface area contributed by atoms with Crippen LogP contribution in [0, 0.1) is 12.8 Å². The maximum Gasteiger partial charge on any atom is 0.259 e. The van der Waals surface area contributed by atoms with Crippen LogP contribution in [0.25, 0.3) is 0 Å². The highest BCUT2D eigenvalue weighted by Crippen LogP contribution is 2.25. The monoisotopic (exact) mass is 343 g/mol. The molecule has 0 bridgehead atoms. The van der Waals surface area contributed by atoms with Crippen LogP contribution in [-0.4, -0.2) is 46.1 Å². The molecule has 0 aromatic carbocycles. The van der Waals surface area contributed by atoms with E-state index in [1.54, 1.807) is 19.3 Å². The molecule has 1 atom stereocenters. The summed E-state index contributed by atoms with van der Waals surface area (Å²) in [5, 5.41) is 7.10.